The number of aromatic amines is 2. The maximum atomic E-state index is 11.6. The lowest BCUT2D eigenvalue weighted by Crippen LogP contribution is -2.39. The van der Waals surface area contributed by atoms with Gasteiger partial charge < -0.3 is 5.11 Å². The Bertz CT molecular complexity index is 479. The summed E-state index contributed by atoms with van der Waals surface area (Å²) in [6, 6.07) is 0.474. The number of aromatic hydroxyl groups is 1. The predicted molar refractivity (Wildman–Crippen MR) is 65.2 cm³/mol. The Kier molecular flexibility index (Phi) is 4.11. The van der Waals surface area contributed by atoms with Crippen LogP contribution >= 0.6 is 0 Å². The molecule has 1 aromatic rings. The molecule has 1 rings (SSSR count). The molecule has 1 aromatic heterocycles. The molecule has 0 saturated heterocycles. The van der Waals surface area contributed by atoms with Crippen LogP contribution in [0.15, 0.2) is 9.59 Å². The third kappa shape index (κ3) is 3.20. The van der Waals surface area contributed by atoms with E-state index in [2.05, 4.69) is 9.97 Å². The zero-order valence-corrected chi connectivity index (χ0v) is 10.6. The lowest BCUT2D eigenvalue weighted by molar-refractivity contribution is 0.163. The van der Waals surface area contributed by atoms with E-state index >= 15 is 0 Å². The van der Waals surface area contributed by atoms with Crippen molar-refractivity contribution in [3.8, 4) is 5.88 Å². The largest absolute Gasteiger partial charge is 0.494 e. The number of hydrogen-bond acceptors (Lipinski definition) is 4. The fourth-order valence-corrected chi connectivity index (χ4v) is 1.79. The molecular formula is C11H19N3O3. The molecule has 0 amide bonds. The van der Waals surface area contributed by atoms with E-state index < -0.39 is 11.2 Å². The number of nitrogens with zero attached hydrogens (tertiary/aromatic N) is 1. The molecule has 0 saturated carbocycles. The van der Waals surface area contributed by atoms with Gasteiger partial charge in [-0.25, -0.2) is 4.79 Å². The average molecular weight is 241 g/mol. The van der Waals surface area contributed by atoms with E-state index in [1.807, 2.05) is 32.6 Å². The van der Waals surface area contributed by atoms with E-state index in [1.54, 1.807) is 0 Å². The molecule has 0 atom stereocenters. The van der Waals surface area contributed by atoms with Gasteiger partial charge in [0.2, 0.25) is 5.88 Å². The van der Waals surface area contributed by atoms with Crippen molar-refractivity contribution in [3.05, 3.63) is 26.4 Å². The first-order chi connectivity index (χ1) is 7.82. The summed E-state index contributed by atoms with van der Waals surface area (Å²) in [5, 5.41) is 9.58. The predicted octanol–water partition coefficient (Wildman–Crippen LogP) is 0.388. The second kappa shape index (κ2) is 5.18. The van der Waals surface area contributed by atoms with Crippen LogP contribution in [0.5, 0.6) is 5.88 Å². The molecule has 6 nitrogen and oxygen atoms in total. The standard InChI is InChI=1S/C11H19N3O3/c1-6(2)14(7(3)4)5-8-9(15)12-11(17)13-10(8)16/h6-7H,5H2,1-4H3,(H3,12,13,15,16,17). The van der Waals surface area contributed by atoms with Gasteiger partial charge in [0, 0.05) is 18.6 Å². The van der Waals surface area contributed by atoms with Crippen LogP contribution in [-0.2, 0) is 6.54 Å². The number of H-pyrrole nitrogens is 2. The highest BCUT2D eigenvalue weighted by Gasteiger charge is 2.18. The fraction of sp³-hybridized carbons (Fsp3) is 0.636. The van der Waals surface area contributed by atoms with Gasteiger partial charge in [0.05, 0.1) is 5.56 Å². The topological polar surface area (TPSA) is 89.2 Å². The Morgan fingerprint density at radius 3 is 2.06 bits per heavy atom. The Morgan fingerprint density at radius 2 is 1.65 bits per heavy atom. The lowest BCUT2D eigenvalue weighted by Gasteiger charge is -2.30. The molecule has 0 unspecified atom stereocenters. The highest BCUT2D eigenvalue weighted by atomic mass is 16.3. The van der Waals surface area contributed by atoms with Crippen LogP contribution in [0.25, 0.3) is 0 Å². The zero-order valence-electron chi connectivity index (χ0n) is 10.6. The molecule has 17 heavy (non-hydrogen) atoms. The molecular weight excluding hydrogens is 222 g/mol. The van der Waals surface area contributed by atoms with E-state index in [1.165, 1.54) is 0 Å². The summed E-state index contributed by atoms with van der Waals surface area (Å²) < 4.78 is 0. The van der Waals surface area contributed by atoms with Crippen molar-refractivity contribution < 1.29 is 5.11 Å². The molecule has 0 bridgehead atoms. The van der Waals surface area contributed by atoms with Crippen molar-refractivity contribution in [2.75, 3.05) is 0 Å². The first kappa shape index (κ1) is 13.5. The summed E-state index contributed by atoms with van der Waals surface area (Å²) >= 11 is 0. The van der Waals surface area contributed by atoms with Crippen molar-refractivity contribution in [2.45, 2.75) is 46.3 Å². The monoisotopic (exact) mass is 241 g/mol. The second-order valence-corrected chi connectivity index (χ2v) is 4.60. The lowest BCUT2D eigenvalue weighted by atomic mass is 10.2. The Labute approximate surface area is 99.3 Å². The molecule has 0 aromatic carbocycles. The molecule has 0 aliphatic carbocycles. The summed E-state index contributed by atoms with van der Waals surface area (Å²) in [5.74, 6) is -0.356. The van der Waals surface area contributed by atoms with Crippen LogP contribution in [0.1, 0.15) is 33.3 Å². The normalized spacial score (nSPS) is 11.7. The third-order valence-corrected chi connectivity index (χ3v) is 2.69. The highest BCUT2D eigenvalue weighted by Crippen LogP contribution is 2.13. The van der Waals surface area contributed by atoms with E-state index in [-0.39, 0.29) is 23.5 Å². The molecule has 96 valence electrons. The summed E-state index contributed by atoms with van der Waals surface area (Å²) in [4.78, 5) is 28.8. The van der Waals surface area contributed by atoms with Crippen molar-refractivity contribution in [3.63, 3.8) is 0 Å². The minimum absolute atomic E-state index is 0.187. The SMILES string of the molecule is CC(C)N(Cc1c(O)[nH]c(=O)[nH]c1=O)C(C)C. The van der Waals surface area contributed by atoms with Gasteiger partial charge in [0.15, 0.2) is 0 Å². The van der Waals surface area contributed by atoms with E-state index in [0.717, 1.165) is 0 Å². The maximum absolute atomic E-state index is 11.6. The van der Waals surface area contributed by atoms with E-state index in [4.69, 9.17) is 0 Å². The Morgan fingerprint density at radius 1 is 1.12 bits per heavy atom. The van der Waals surface area contributed by atoms with Crippen molar-refractivity contribution in [1.29, 1.82) is 0 Å². The molecule has 3 N–H and O–H groups in total. The summed E-state index contributed by atoms with van der Waals surface area (Å²) in [5.41, 5.74) is -1.05. The second-order valence-electron chi connectivity index (χ2n) is 4.60. The van der Waals surface area contributed by atoms with Gasteiger partial charge in [-0.15, -0.1) is 0 Å². The van der Waals surface area contributed by atoms with E-state index in [0.29, 0.717) is 6.54 Å². The van der Waals surface area contributed by atoms with Gasteiger partial charge >= 0.3 is 5.69 Å². The van der Waals surface area contributed by atoms with Gasteiger partial charge in [-0.3, -0.25) is 19.7 Å². The molecule has 0 aliphatic rings. The summed E-state index contributed by atoms with van der Waals surface area (Å²) in [6.45, 7) is 8.34. The average Bonchev–Trinajstić information content (AvgIpc) is 2.14. The molecule has 0 fully saturated rings. The van der Waals surface area contributed by atoms with Crippen molar-refractivity contribution in [2.24, 2.45) is 0 Å². The van der Waals surface area contributed by atoms with Crippen LogP contribution in [0.3, 0.4) is 0 Å². The fourth-order valence-electron chi connectivity index (χ4n) is 1.79. The van der Waals surface area contributed by atoms with Crippen LogP contribution < -0.4 is 11.2 Å². The highest BCUT2D eigenvalue weighted by molar-refractivity contribution is 5.20. The van der Waals surface area contributed by atoms with Gasteiger partial charge in [-0.1, -0.05) is 0 Å². The molecule has 0 spiro atoms. The van der Waals surface area contributed by atoms with Gasteiger partial charge in [0.25, 0.3) is 5.56 Å². The number of hydrogen-bond donors (Lipinski definition) is 3. The number of aromatic nitrogens is 2. The quantitative estimate of drug-likeness (QED) is 0.711. The minimum Gasteiger partial charge on any atom is -0.494 e. The molecule has 6 heteroatoms. The van der Waals surface area contributed by atoms with Crippen LogP contribution in [0, 0.1) is 0 Å². The number of nitrogens with one attached hydrogen (secondary N) is 2. The zero-order chi connectivity index (χ0) is 13.2. The molecule has 1 heterocycles. The van der Waals surface area contributed by atoms with Crippen molar-refractivity contribution >= 4 is 0 Å². The van der Waals surface area contributed by atoms with Crippen LogP contribution in [0.4, 0.5) is 0 Å². The minimum atomic E-state index is -0.697. The molecule has 0 radical (unpaired) electrons. The van der Waals surface area contributed by atoms with E-state index in [9.17, 15) is 14.7 Å². The Hall–Kier alpha value is -1.56. The Balaban J connectivity index is 3.10. The first-order valence-electron chi connectivity index (χ1n) is 5.63. The number of rotatable bonds is 4. The summed E-state index contributed by atoms with van der Waals surface area (Å²) in [7, 11) is 0. The van der Waals surface area contributed by atoms with Gasteiger partial charge in [0.1, 0.15) is 0 Å². The van der Waals surface area contributed by atoms with Crippen LogP contribution in [0.2, 0.25) is 0 Å². The van der Waals surface area contributed by atoms with Crippen molar-refractivity contribution in [1.82, 2.24) is 14.9 Å². The van der Waals surface area contributed by atoms with Gasteiger partial charge in [-0.05, 0) is 27.7 Å². The first-order valence-corrected chi connectivity index (χ1v) is 5.63. The third-order valence-electron chi connectivity index (χ3n) is 2.69. The van der Waals surface area contributed by atoms with Crippen LogP contribution in [-0.4, -0.2) is 32.1 Å². The van der Waals surface area contributed by atoms with Gasteiger partial charge in [-0.2, -0.15) is 0 Å². The smallest absolute Gasteiger partial charge is 0.328 e. The summed E-state index contributed by atoms with van der Waals surface area (Å²) in [6.07, 6.45) is 0. The molecule has 0 aliphatic heterocycles. The maximum Gasteiger partial charge on any atom is 0.328 e.